The fourth-order valence-electron chi connectivity index (χ4n) is 4.90. The van der Waals surface area contributed by atoms with Gasteiger partial charge in [-0.2, -0.15) is 0 Å². The number of likely N-dealkylation sites (tertiary alicyclic amines) is 1. The minimum atomic E-state index is -0.706. The molecule has 1 unspecified atom stereocenters. The Morgan fingerprint density at radius 2 is 1.72 bits per heavy atom. The standard InChI is InChI=1S/C31H40N2O6/c1-5-16-38-24-8-6-23(7-9-24)28-27(29(34)26-11-10-25(19-22(26)4)39-20-21(2)3)30(35)31(36)33(28)13-12-32-14-17-37-18-15-32/h6-11,19,21,28,34H,5,12-18,20H2,1-4H3. The number of nitrogens with zero attached hydrogens (tertiary/aromatic N) is 2. The predicted octanol–water partition coefficient (Wildman–Crippen LogP) is 4.57. The third-order valence-electron chi connectivity index (χ3n) is 7.01. The van der Waals surface area contributed by atoms with E-state index in [4.69, 9.17) is 14.2 Å². The van der Waals surface area contributed by atoms with Gasteiger partial charge in [-0.25, -0.2) is 0 Å². The number of aliphatic hydroxyl groups excluding tert-OH is 1. The number of carbonyl (C=O) groups excluding carboxylic acids is 2. The molecule has 1 atom stereocenters. The first-order valence-corrected chi connectivity index (χ1v) is 13.8. The van der Waals surface area contributed by atoms with Gasteiger partial charge in [0.25, 0.3) is 11.7 Å². The number of aryl methyl sites for hydroxylation is 1. The first kappa shape index (κ1) is 28.6. The van der Waals surface area contributed by atoms with Crippen LogP contribution in [0.15, 0.2) is 48.0 Å². The second-order valence-electron chi connectivity index (χ2n) is 10.5. The van der Waals surface area contributed by atoms with Crippen LogP contribution >= 0.6 is 0 Å². The molecule has 4 rings (SSSR count). The van der Waals surface area contributed by atoms with Crippen molar-refractivity contribution in [3.8, 4) is 11.5 Å². The van der Waals surface area contributed by atoms with E-state index < -0.39 is 17.7 Å². The Hall–Kier alpha value is -3.36. The molecule has 2 aliphatic rings. The average Bonchev–Trinajstić information content (AvgIpc) is 3.19. The third-order valence-corrected chi connectivity index (χ3v) is 7.01. The number of aliphatic hydroxyl groups is 1. The average molecular weight is 537 g/mol. The van der Waals surface area contributed by atoms with Gasteiger partial charge >= 0.3 is 0 Å². The van der Waals surface area contributed by atoms with Crippen LogP contribution in [0.2, 0.25) is 0 Å². The topological polar surface area (TPSA) is 88.5 Å². The molecule has 1 N–H and O–H groups in total. The van der Waals surface area contributed by atoms with Crippen LogP contribution in [-0.2, 0) is 14.3 Å². The van der Waals surface area contributed by atoms with E-state index in [1.807, 2.05) is 44.2 Å². The van der Waals surface area contributed by atoms with E-state index in [-0.39, 0.29) is 11.3 Å². The first-order chi connectivity index (χ1) is 18.8. The van der Waals surface area contributed by atoms with Crippen molar-refractivity contribution in [3.63, 3.8) is 0 Å². The number of morpholine rings is 1. The Balaban J connectivity index is 1.69. The molecule has 0 saturated carbocycles. The van der Waals surface area contributed by atoms with Crippen LogP contribution in [-0.4, -0.2) is 79.2 Å². The maximum absolute atomic E-state index is 13.4. The number of Topliss-reactive ketones (excluding diaryl/α,β-unsaturated/α-hetero) is 1. The van der Waals surface area contributed by atoms with E-state index in [9.17, 15) is 14.7 Å². The number of ketones is 1. The highest BCUT2D eigenvalue weighted by atomic mass is 16.5. The highest BCUT2D eigenvalue weighted by Gasteiger charge is 2.46. The van der Waals surface area contributed by atoms with Gasteiger partial charge < -0.3 is 24.2 Å². The molecule has 210 valence electrons. The number of carbonyl (C=O) groups is 2. The Morgan fingerprint density at radius 3 is 2.36 bits per heavy atom. The molecule has 39 heavy (non-hydrogen) atoms. The van der Waals surface area contributed by atoms with Crippen molar-refractivity contribution >= 4 is 17.4 Å². The SMILES string of the molecule is CCCOc1ccc(C2C(=C(O)c3ccc(OCC(C)C)cc3C)C(=O)C(=O)N2CCN2CCOCC2)cc1. The summed E-state index contributed by atoms with van der Waals surface area (Å²) in [5.41, 5.74) is 2.11. The predicted molar refractivity (Wildman–Crippen MR) is 150 cm³/mol. The number of ether oxygens (including phenoxy) is 3. The van der Waals surface area contributed by atoms with E-state index in [2.05, 4.69) is 18.7 Å². The fraction of sp³-hybridized carbons (Fsp3) is 0.484. The van der Waals surface area contributed by atoms with E-state index in [1.54, 1.807) is 17.0 Å². The van der Waals surface area contributed by atoms with Crippen LogP contribution in [0.3, 0.4) is 0 Å². The molecular formula is C31H40N2O6. The van der Waals surface area contributed by atoms with Crippen LogP contribution < -0.4 is 9.47 Å². The lowest BCUT2D eigenvalue weighted by molar-refractivity contribution is -0.140. The maximum Gasteiger partial charge on any atom is 0.295 e. The molecule has 2 heterocycles. The summed E-state index contributed by atoms with van der Waals surface area (Å²) < 4.78 is 17.0. The number of hydrogen-bond acceptors (Lipinski definition) is 7. The van der Waals surface area contributed by atoms with Crippen LogP contribution in [0.4, 0.5) is 0 Å². The van der Waals surface area contributed by atoms with Crippen molar-refractivity contribution in [2.24, 2.45) is 5.92 Å². The van der Waals surface area contributed by atoms with E-state index >= 15 is 0 Å². The number of benzene rings is 2. The summed E-state index contributed by atoms with van der Waals surface area (Å²) in [4.78, 5) is 30.6. The van der Waals surface area contributed by atoms with Crippen LogP contribution in [0, 0.1) is 12.8 Å². The van der Waals surface area contributed by atoms with Gasteiger partial charge in [-0.1, -0.05) is 32.9 Å². The Labute approximate surface area is 231 Å². The minimum Gasteiger partial charge on any atom is -0.507 e. The van der Waals surface area contributed by atoms with Gasteiger partial charge in [0.2, 0.25) is 0 Å². The second-order valence-corrected chi connectivity index (χ2v) is 10.5. The van der Waals surface area contributed by atoms with Crippen molar-refractivity contribution in [2.75, 3.05) is 52.6 Å². The summed E-state index contributed by atoms with van der Waals surface area (Å²) in [6, 6.07) is 12.1. The summed E-state index contributed by atoms with van der Waals surface area (Å²) in [6.07, 6.45) is 0.893. The van der Waals surface area contributed by atoms with Crippen molar-refractivity contribution in [1.82, 2.24) is 9.80 Å². The molecule has 2 aromatic carbocycles. The van der Waals surface area contributed by atoms with Crippen molar-refractivity contribution in [2.45, 2.75) is 40.2 Å². The van der Waals surface area contributed by atoms with Gasteiger partial charge in [0.05, 0.1) is 38.0 Å². The van der Waals surface area contributed by atoms with Gasteiger partial charge in [0, 0.05) is 31.7 Å². The molecular weight excluding hydrogens is 496 g/mol. The van der Waals surface area contributed by atoms with Crippen LogP contribution in [0.25, 0.3) is 5.76 Å². The molecule has 1 amide bonds. The van der Waals surface area contributed by atoms with Crippen LogP contribution in [0.1, 0.15) is 49.9 Å². The van der Waals surface area contributed by atoms with E-state index in [0.717, 1.165) is 36.4 Å². The molecule has 2 saturated heterocycles. The zero-order valence-electron chi connectivity index (χ0n) is 23.4. The molecule has 8 heteroatoms. The van der Waals surface area contributed by atoms with E-state index in [0.29, 0.717) is 56.7 Å². The van der Waals surface area contributed by atoms with Crippen molar-refractivity contribution < 1.29 is 28.9 Å². The smallest absolute Gasteiger partial charge is 0.295 e. The Morgan fingerprint density at radius 1 is 1.03 bits per heavy atom. The van der Waals surface area contributed by atoms with E-state index in [1.165, 1.54) is 0 Å². The summed E-state index contributed by atoms with van der Waals surface area (Å²) in [7, 11) is 0. The zero-order chi connectivity index (χ0) is 27.9. The molecule has 0 aliphatic carbocycles. The number of hydrogen-bond donors (Lipinski definition) is 1. The number of amides is 1. The first-order valence-electron chi connectivity index (χ1n) is 13.8. The van der Waals surface area contributed by atoms with Gasteiger partial charge in [0.15, 0.2) is 0 Å². The van der Waals surface area contributed by atoms with Gasteiger partial charge in [-0.3, -0.25) is 14.5 Å². The second kappa shape index (κ2) is 13.1. The molecule has 0 spiro atoms. The summed E-state index contributed by atoms with van der Waals surface area (Å²) in [6.45, 7) is 13.1. The summed E-state index contributed by atoms with van der Waals surface area (Å²) in [5.74, 6) is 0.347. The summed E-state index contributed by atoms with van der Waals surface area (Å²) in [5, 5.41) is 11.5. The Kier molecular flexibility index (Phi) is 9.64. The fourth-order valence-corrected chi connectivity index (χ4v) is 4.90. The maximum atomic E-state index is 13.4. The van der Waals surface area contributed by atoms with Crippen molar-refractivity contribution in [3.05, 3.63) is 64.7 Å². The molecule has 2 aliphatic heterocycles. The molecule has 0 radical (unpaired) electrons. The lowest BCUT2D eigenvalue weighted by Gasteiger charge is -2.31. The highest BCUT2D eigenvalue weighted by molar-refractivity contribution is 6.46. The van der Waals surface area contributed by atoms with Crippen LogP contribution in [0.5, 0.6) is 11.5 Å². The highest BCUT2D eigenvalue weighted by Crippen LogP contribution is 2.40. The molecule has 2 fully saturated rings. The lowest BCUT2D eigenvalue weighted by Crippen LogP contribution is -2.42. The summed E-state index contributed by atoms with van der Waals surface area (Å²) >= 11 is 0. The minimum absolute atomic E-state index is 0.100. The molecule has 0 aromatic heterocycles. The quantitative estimate of drug-likeness (QED) is 0.256. The zero-order valence-corrected chi connectivity index (χ0v) is 23.4. The normalized spacial score (nSPS) is 19.6. The Bertz CT molecular complexity index is 1180. The molecule has 2 aromatic rings. The van der Waals surface area contributed by atoms with Gasteiger partial charge in [-0.15, -0.1) is 0 Å². The van der Waals surface area contributed by atoms with Crippen molar-refractivity contribution in [1.29, 1.82) is 0 Å². The third kappa shape index (κ3) is 6.81. The largest absolute Gasteiger partial charge is 0.507 e. The van der Waals surface area contributed by atoms with Gasteiger partial charge in [-0.05, 0) is 60.7 Å². The number of rotatable bonds is 11. The lowest BCUT2D eigenvalue weighted by atomic mass is 9.94. The monoisotopic (exact) mass is 536 g/mol. The van der Waals surface area contributed by atoms with Gasteiger partial charge in [0.1, 0.15) is 17.3 Å². The molecule has 8 nitrogen and oxygen atoms in total. The molecule has 0 bridgehead atoms.